The molecule has 5 N–H and O–H groups in total. The molecular weight excluding hydrogens is 440 g/mol. The summed E-state index contributed by atoms with van der Waals surface area (Å²) >= 11 is 0. The molecule has 0 unspecified atom stereocenters. The van der Waals surface area contributed by atoms with Crippen LogP contribution in [0.25, 0.3) is 28.3 Å². The Morgan fingerprint density at radius 2 is 1.74 bits per heavy atom. The molecule has 0 bridgehead atoms. The van der Waals surface area contributed by atoms with Crippen molar-refractivity contribution in [3.05, 3.63) is 78.1 Å². The van der Waals surface area contributed by atoms with Crippen LogP contribution in [0.3, 0.4) is 0 Å². The summed E-state index contributed by atoms with van der Waals surface area (Å²) < 4.78 is 1.49. The van der Waals surface area contributed by atoms with E-state index in [4.69, 9.17) is 11.5 Å². The summed E-state index contributed by atoms with van der Waals surface area (Å²) in [6.07, 6.45) is 6.36. The normalized spacial score (nSPS) is 12.5. The number of benzene rings is 1. The molecule has 0 fully saturated rings. The monoisotopic (exact) mass is 462 g/mol. The number of nitrogens with one attached hydrogen (secondary N) is 1. The van der Waals surface area contributed by atoms with Gasteiger partial charge in [-0.05, 0) is 60.7 Å². The number of anilines is 4. The van der Waals surface area contributed by atoms with Gasteiger partial charge in [-0.1, -0.05) is 24.3 Å². The average molecular weight is 463 g/mol. The lowest BCUT2D eigenvalue weighted by molar-refractivity contribution is 0.801. The maximum absolute atomic E-state index is 6.17. The van der Waals surface area contributed by atoms with Crippen LogP contribution in [0, 0.1) is 0 Å². The van der Waals surface area contributed by atoms with Gasteiger partial charge in [0, 0.05) is 17.3 Å². The van der Waals surface area contributed by atoms with Crippen LogP contribution < -0.4 is 16.8 Å². The summed E-state index contributed by atoms with van der Waals surface area (Å²) in [5.41, 5.74) is 18.7. The van der Waals surface area contributed by atoms with Gasteiger partial charge in [0.05, 0.1) is 23.3 Å². The van der Waals surface area contributed by atoms with Crippen molar-refractivity contribution in [2.24, 2.45) is 0 Å². The second-order valence-corrected chi connectivity index (χ2v) is 8.32. The first-order chi connectivity index (χ1) is 17.1. The minimum Gasteiger partial charge on any atom is -0.384 e. The fourth-order valence-corrected chi connectivity index (χ4v) is 4.25. The van der Waals surface area contributed by atoms with Gasteiger partial charge in [-0.15, -0.1) is 15.3 Å². The lowest BCUT2D eigenvalue weighted by atomic mass is 10.0. The Morgan fingerprint density at radius 1 is 0.857 bits per heavy atom. The molecule has 0 atom stereocenters. The largest absolute Gasteiger partial charge is 0.384 e. The van der Waals surface area contributed by atoms with E-state index in [1.165, 1.54) is 10.2 Å². The lowest BCUT2D eigenvalue weighted by Crippen LogP contribution is -2.08. The molecule has 1 aliphatic carbocycles. The molecule has 4 heterocycles. The molecule has 1 aliphatic rings. The Hall–Kier alpha value is -4.86. The third kappa shape index (κ3) is 4.01. The number of nitrogens with two attached hydrogens (primary N) is 2. The highest BCUT2D eigenvalue weighted by Gasteiger charge is 2.19. The second-order valence-electron chi connectivity index (χ2n) is 8.32. The van der Waals surface area contributed by atoms with Gasteiger partial charge in [0.2, 0.25) is 11.9 Å². The lowest BCUT2D eigenvalue weighted by Gasteiger charge is -2.09. The Morgan fingerprint density at radius 3 is 2.57 bits per heavy atom. The number of nitrogens with zero attached hydrogens (tertiary/aromatic N) is 7. The predicted octanol–water partition coefficient (Wildman–Crippen LogP) is 3.58. The SMILES string of the molecule is Nc1ccc(-c2ccc(Nc3nc(N)n(-c4cc5c(nn4)-c4ccccc4CCC5)n3)cn2)cn1. The highest BCUT2D eigenvalue weighted by Crippen LogP contribution is 2.31. The molecule has 1 aromatic carbocycles. The Labute approximate surface area is 201 Å². The Bertz CT molecular complexity index is 1510. The summed E-state index contributed by atoms with van der Waals surface area (Å²) in [6, 6.07) is 17.7. The Balaban J connectivity index is 1.25. The molecule has 0 saturated heterocycles. The van der Waals surface area contributed by atoms with E-state index in [0.717, 1.165) is 53.0 Å². The fourth-order valence-electron chi connectivity index (χ4n) is 4.25. The third-order valence-corrected chi connectivity index (χ3v) is 5.98. The van der Waals surface area contributed by atoms with E-state index in [1.54, 1.807) is 18.5 Å². The smallest absolute Gasteiger partial charge is 0.248 e. The van der Waals surface area contributed by atoms with Crippen LogP contribution in [0.5, 0.6) is 0 Å². The molecular formula is C25H22N10. The second kappa shape index (κ2) is 8.49. The van der Waals surface area contributed by atoms with E-state index in [2.05, 4.69) is 53.8 Å². The van der Waals surface area contributed by atoms with Crippen LogP contribution >= 0.6 is 0 Å². The van der Waals surface area contributed by atoms with Crippen LogP contribution in [0.4, 0.5) is 23.4 Å². The zero-order chi connectivity index (χ0) is 23.8. The van der Waals surface area contributed by atoms with Crippen molar-refractivity contribution >= 4 is 23.4 Å². The highest BCUT2D eigenvalue weighted by molar-refractivity contribution is 5.68. The van der Waals surface area contributed by atoms with Crippen molar-refractivity contribution < 1.29 is 0 Å². The van der Waals surface area contributed by atoms with Crippen molar-refractivity contribution in [1.82, 2.24) is 34.9 Å². The van der Waals surface area contributed by atoms with Crippen molar-refractivity contribution in [2.75, 3.05) is 16.8 Å². The quantitative estimate of drug-likeness (QED) is 0.364. The molecule has 10 nitrogen and oxygen atoms in total. The van der Waals surface area contributed by atoms with Gasteiger partial charge >= 0.3 is 0 Å². The standard InChI is InChI=1S/C25H22N10/c26-21-11-8-17(13-29-21)20-10-9-18(14-28-20)30-25-31-24(27)35(34-25)22-12-16-6-3-5-15-4-1-2-7-19(15)23(16)33-32-22/h1-2,4,7-14H,3,5-6H2,(H2,26,29)(H3,27,30,31,34). The van der Waals surface area contributed by atoms with Gasteiger partial charge in [-0.2, -0.15) is 9.67 Å². The number of nitrogen functional groups attached to an aromatic ring is 2. The fraction of sp³-hybridized carbons (Fsp3) is 0.120. The van der Waals surface area contributed by atoms with Crippen molar-refractivity contribution in [3.63, 3.8) is 0 Å². The van der Waals surface area contributed by atoms with Gasteiger partial charge in [0.1, 0.15) is 5.82 Å². The van der Waals surface area contributed by atoms with Gasteiger partial charge in [0.15, 0.2) is 5.82 Å². The van der Waals surface area contributed by atoms with E-state index in [9.17, 15) is 0 Å². The van der Waals surface area contributed by atoms with Gasteiger partial charge in [-0.25, -0.2) is 4.98 Å². The minimum atomic E-state index is 0.216. The molecule has 0 aliphatic heterocycles. The molecule has 5 aromatic rings. The number of fused-ring (bicyclic) bond motifs is 3. The number of pyridine rings is 2. The van der Waals surface area contributed by atoms with Gasteiger partial charge in [-0.3, -0.25) is 4.98 Å². The first-order valence-electron chi connectivity index (χ1n) is 11.3. The number of hydrogen-bond donors (Lipinski definition) is 3. The first kappa shape index (κ1) is 20.7. The predicted molar refractivity (Wildman–Crippen MR) is 134 cm³/mol. The van der Waals surface area contributed by atoms with Crippen LogP contribution in [-0.4, -0.2) is 34.9 Å². The zero-order valence-electron chi connectivity index (χ0n) is 18.8. The molecule has 0 amide bonds. The van der Waals surface area contributed by atoms with Gasteiger partial charge in [0.25, 0.3) is 0 Å². The molecule has 10 heteroatoms. The molecule has 6 rings (SSSR count). The molecule has 35 heavy (non-hydrogen) atoms. The molecule has 4 aromatic heterocycles. The van der Waals surface area contributed by atoms with E-state index >= 15 is 0 Å². The molecule has 0 spiro atoms. The summed E-state index contributed by atoms with van der Waals surface area (Å²) in [5.74, 6) is 1.56. The number of aromatic nitrogens is 7. The van der Waals surface area contributed by atoms with Crippen LogP contribution in [0.1, 0.15) is 17.5 Å². The van der Waals surface area contributed by atoms with Crippen molar-refractivity contribution in [2.45, 2.75) is 19.3 Å². The van der Waals surface area contributed by atoms with Crippen molar-refractivity contribution in [1.29, 1.82) is 0 Å². The van der Waals surface area contributed by atoms with E-state index in [-0.39, 0.29) is 5.95 Å². The maximum atomic E-state index is 6.17. The van der Waals surface area contributed by atoms with Gasteiger partial charge < -0.3 is 16.8 Å². The summed E-state index contributed by atoms with van der Waals surface area (Å²) in [5, 5.41) is 16.6. The summed E-state index contributed by atoms with van der Waals surface area (Å²) in [6.45, 7) is 0. The third-order valence-electron chi connectivity index (χ3n) is 5.98. The number of hydrogen-bond acceptors (Lipinski definition) is 9. The first-order valence-corrected chi connectivity index (χ1v) is 11.3. The average Bonchev–Trinajstić information content (AvgIpc) is 3.14. The number of rotatable bonds is 4. The van der Waals surface area contributed by atoms with E-state index in [1.807, 2.05) is 30.3 Å². The number of aryl methyl sites for hydroxylation is 2. The highest BCUT2D eigenvalue weighted by atomic mass is 15.4. The van der Waals surface area contributed by atoms with Crippen LogP contribution in [-0.2, 0) is 12.8 Å². The maximum Gasteiger partial charge on any atom is 0.248 e. The van der Waals surface area contributed by atoms with Crippen molar-refractivity contribution in [3.8, 4) is 28.3 Å². The van der Waals surface area contributed by atoms with Crippen LogP contribution in [0.2, 0.25) is 0 Å². The molecule has 0 radical (unpaired) electrons. The topological polar surface area (TPSA) is 146 Å². The summed E-state index contributed by atoms with van der Waals surface area (Å²) in [4.78, 5) is 12.9. The summed E-state index contributed by atoms with van der Waals surface area (Å²) in [7, 11) is 0. The molecule has 172 valence electrons. The Kier molecular flexibility index (Phi) is 5.03. The van der Waals surface area contributed by atoms with E-state index < -0.39 is 0 Å². The zero-order valence-corrected chi connectivity index (χ0v) is 18.8. The molecule has 0 saturated carbocycles. The minimum absolute atomic E-state index is 0.216. The van der Waals surface area contributed by atoms with E-state index in [0.29, 0.717) is 17.6 Å². The van der Waals surface area contributed by atoms with Crippen LogP contribution in [0.15, 0.2) is 67.0 Å².